The van der Waals surface area contributed by atoms with Gasteiger partial charge >= 0.3 is 11.9 Å². The molecule has 5 saturated carbocycles. The normalized spacial score (nSPS) is 40.5. The van der Waals surface area contributed by atoms with E-state index in [9.17, 15) is 19.5 Å². The maximum absolute atomic E-state index is 13.8. The molecule has 0 unspecified atom stereocenters. The number of rotatable bonds is 12. The van der Waals surface area contributed by atoms with Gasteiger partial charge in [0.05, 0.1) is 12.8 Å². The lowest BCUT2D eigenvalue weighted by molar-refractivity contribution is -0.253. The number of nitrogens with one attached hydrogen (secondary N) is 1. The third-order valence-electron chi connectivity index (χ3n) is 17.4. The third kappa shape index (κ3) is 6.94. The smallest absolute Gasteiger partial charge is 0.306 e. The lowest BCUT2D eigenvalue weighted by atomic mass is 9.32. The molecule has 0 heterocycles. The number of carbonyl (C=O) groups is 3. The highest BCUT2D eigenvalue weighted by Gasteiger charge is 2.71. The van der Waals surface area contributed by atoms with Gasteiger partial charge in [-0.3, -0.25) is 14.4 Å². The van der Waals surface area contributed by atoms with Crippen molar-refractivity contribution in [2.24, 2.45) is 62.1 Å². The molecule has 0 aliphatic heterocycles. The summed E-state index contributed by atoms with van der Waals surface area (Å²) in [7, 11) is 0. The van der Waals surface area contributed by atoms with Crippen molar-refractivity contribution in [3.8, 4) is 0 Å². The summed E-state index contributed by atoms with van der Waals surface area (Å²) in [6, 6.07) is 10.5. The third-order valence-corrected chi connectivity index (χ3v) is 17.4. The lowest BCUT2D eigenvalue weighted by Crippen LogP contribution is -2.67. The Morgan fingerprint density at radius 2 is 1.60 bits per heavy atom. The molecule has 6 rings (SSSR count). The zero-order chi connectivity index (χ0) is 38.6. The summed E-state index contributed by atoms with van der Waals surface area (Å²) in [6.45, 7) is 23.8. The van der Waals surface area contributed by atoms with Crippen LogP contribution in [0.15, 0.2) is 42.5 Å². The summed E-state index contributed by atoms with van der Waals surface area (Å²) in [5.74, 6) is 1.74. The topological polar surface area (TPSA) is 92.7 Å². The maximum atomic E-state index is 13.8. The number of hydrogen-bond acceptors (Lipinski definition) is 4. The van der Waals surface area contributed by atoms with Gasteiger partial charge in [0.2, 0.25) is 5.91 Å². The molecule has 0 spiro atoms. The molecule has 5 fully saturated rings. The van der Waals surface area contributed by atoms with Crippen LogP contribution in [0.25, 0.3) is 0 Å². The number of esters is 1. The number of aliphatic carboxylic acids is 1. The summed E-state index contributed by atoms with van der Waals surface area (Å²) in [4.78, 5) is 38.5. The van der Waals surface area contributed by atoms with Gasteiger partial charge < -0.3 is 15.2 Å². The van der Waals surface area contributed by atoms with Crippen LogP contribution < -0.4 is 5.32 Å². The van der Waals surface area contributed by atoms with Crippen molar-refractivity contribution in [2.75, 3.05) is 6.54 Å². The van der Waals surface area contributed by atoms with Crippen LogP contribution in [-0.2, 0) is 25.5 Å². The van der Waals surface area contributed by atoms with Crippen molar-refractivity contribution in [1.82, 2.24) is 5.32 Å². The van der Waals surface area contributed by atoms with Crippen LogP contribution in [0.4, 0.5) is 0 Å². The summed E-state index contributed by atoms with van der Waals surface area (Å²) >= 11 is 0. The molecule has 294 valence electrons. The monoisotopic (exact) mass is 730 g/mol. The first-order valence-corrected chi connectivity index (χ1v) is 21.2. The first-order chi connectivity index (χ1) is 24.8. The van der Waals surface area contributed by atoms with Crippen LogP contribution in [0.2, 0.25) is 0 Å². The summed E-state index contributed by atoms with van der Waals surface area (Å²) < 4.78 is 6.37. The fraction of sp³-hybridized carbons (Fsp3) is 0.766. The molecule has 2 N–H and O–H groups in total. The van der Waals surface area contributed by atoms with Gasteiger partial charge in [0, 0.05) is 18.4 Å². The van der Waals surface area contributed by atoms with Crippen molar-refractivity contribution in [1.29, 1.82) is 0 Å². The molecule has 1 amide bonds. The van der Waals surface area contributed by atoms with Crippen molar-refractivity contribution in [3.63, 3.8) is 0 Å². The fourth-order valence-corrected chi connectivity index (χ4v) is 14.5. The van der Waals surface area contributed by atoms with Gasteiger partial charge in [-0.25, -0.2) is 0 Å². The Hall–Kier alpha value is -2.63. The molecule has 5 aliphatic carbocycles. The van der Waals surface area contributed by atoms with E-state index >= 15 is 0 Å². The molecule has 1 aromatic rings. The Morgan fingerprint density at radius 3 is 2.26 bits per heavy atom. The van der Waals surface area contributed by atoms with E-state index in [-0.39, 0.29) is 57.9 Å². The largest absolute Gasteiger partial charge is 0.481 e. The SMILES string of the molecule is C=C(C)[C@@H]1CC[C@]2(CC(=O)NCCc3ccccc3)CC[C@]3(C)[C@H](CC[C@@H]4[C@@]5(C)CC[C@H](OC(=O)CC(C)(C)CC(=O)O)[C@@](C)(CC)[C@@H]5CC[C@]43C)[C@@H]12. The number of benzene rings is 1. The van der Waals surface area contributed by atoms with Gasteiger partial charge in [0.1, 0.15) is 6.10 Å². The van der Waals surface area contributed by atoms with E-state index in [1.165, 1.54) is 36.8 Å². The van der Waals surface area contributed by atoms with E-state index < -0.39 is 11.4 Å². The van der Waals surface area contributed by atoms with Gasteiger partial charge in [-0.15, -0.1) is 0 Å². The van der Waals surface area contributed by atoms with E-state index in [0.29, 0.717) is 42.6 Å². The van der Waals surface area contributed by atoms with E-state index in [0.717, 1.165) is 51.4 Å². The molecule has 0 radical (unpaired) electrons. The van der Waals surface area contributed by atoms with Crippen LogP contribution in [0.1, 0.15) is 151 Å². The number of fused-ring (bicyclic) bond motifs is 7. The molecule has 11 atom stereocenters. The highest BCUT2D eigenvalue weighted by Crippen LogP contribution is 2.78. The van der Waals surface area contributed by atoms with Crippen LogP contribution in [0, 0.1) is 62.1 Å². The van der Waals surface area contributed by atoms with E-state index in [1.807, 2.05) is 19.9 Å². The molecular weight excluding hydrogens is 659 g/mol. The van der Waals surface area contributed by atoms with E-state index in [2.05, 4.69) is 77.7 Å². The molecule has 6 heteroatoms. The maximum Gasteiger partial charge on any atom is 0.306 e. The second-order valence-corrected chi connectivity index (χ2v) is 20.6. The number of allylic oxidation sites excluding steroid dienone is 1. The second kappa shape index (κ2) is 14.5. The minimum atomic E-state index is -0.880. The van der Waals surface area contributed by atoms with Crippen molar-refractivity contribution >= 4 is 17.8 Å². The van der Waals surface area contributed by atoms with Crippen LogP contribution in [0.5, 0.6) is 0 Å². The Morgan fingerprint density at radius 1 is 0.887 bits per heavy atom. The molecule has 53 heavy (non-hydrogen) atoms. The Balaban J connectivity index is 1.21. The van der Waals surface area contributed by atoms with Crippen LogP contribution >= 0.6 is 0 Å². The van der Waals surface area contributed by atoms with Gasteiger partial charge in [0.15, 0.2) is 0 Å². The van der Waals surface area contributed by atoms with Gasteiger partial charge in [-0.2, -0.15) is 0 Å². The number of amides is 1. The van der Waals surface area contributed by atoms with Crippen LogP contribution in [0.3, 0.4) is 0 Å². The molecule has 0 saturated heterocycles. The van der Waals surface area contributed by atoms with Gasteiger partial charge in [-0.1, -0.05) is 91.0 Å². The first-order valence-electron chi connectivity index (χ1n) is 21.2. The molecule has 5 aliphatic rings. The highest BCUT2D eigenvalue weighted by molar-refractivity contribution is 5.77. The van der Waals surface area contributed by atoms with Crippen LogP contribution in [-0.4, -0.2) is 35.6 Å². The van der Waals surface area contributed by atoms with E-state index in [1.54, 1.807) is 0 Å². The number of ether oxygens (including phenoxy) is 1. The van der Waals surface area contributed by atoms with Gasteiger partial charge in [0.25, 0.3) is 0 Å². The Kier molecular flexibility index (Phi) is 10.9. The zero-order valence-electron chi connectivity index (χ0n) is 34.5. The Labute approximate surface area is 321 Å². The molecule has 1 aromatic carbocycles. The lowest BCUT2D eigenvalue weighted by Gasteiger charge is -2.73. The number of carboxylic acid groups (broad SMARTS) is 1. The molecule has 0 aromatic heterocycles. The standard InChI is InChI=1S/C47H71NO5/c1-10-43(6)35-19-23-46(9)36(44(35,7)22-20-37(43)53-40(52)30-42(4,5)29-39(50)51)17-16-34-41-33(31(2)3)18-24-47(41,26-25-45(34,46)8)28-38(49)48-27-21-32-14-12-11-13-15-32/h11-15,33-37,41H,2,10,16-30H2,1,3-9H3,(H,48,49)(H,50,51)/t33-,34+,35-,36+,37-,41+,43-,44-,45+,46+,47+/m0/s1. The number of carboxylic acids is 1. The average molecular weight is 730 g/mol. The number of carbonyl (C=O) groups excluding carboxylic acids is 2. The zero-order valence-corrected chi connectivity index (χ0v) is 34.5. The minimum Gasteiger partial charge on any atom is -0.481 e. The summed E-state index contributed by atoms with van der Waals surface area (Å²) in [6.07, 6.45) is 13.8. The average Bonchev–Trinajstić information content (AvgIpc) is 3.45. The summed E-state index contributed by atoms with van der Waals surface area (Å²) in [5.41, 5.74) is 2.43. The van der Waals surface area contributed by atoms with Crippen molar-refractivity contribution in [2.45, 2.75) is 158 Å². The molecule has 6 nitrogen and oxygen atoms in total. The van der Waals surface area contributed by atoms with Crippen molar-refractivity contribution < 1.29 is 24.2 Å². The first kappa shape index (κ1) is 40.0. The van der Waals surface area contributed by atoms with E-state index in [4.69, 9.17) is 4.74 Å². The van der Waals surface area contributed by atoms with Gasteiger partial charge in [-0.05, 0) is 146 Å². The summed E-state index contributed by atoms with van der Waals surface area (Å²) in [5, 5.41) is 12.7. The Bertz CT molecular complexity index is 1550. The number of hydrogen-bond donors (Lipinski definition) is 2. The fourth-order valence-electron chi connectivity index (χ4n) is 14.5. The van der Waals surface area contributed by atoms with Crippen molar-refractivity contribution in [3.05, 3.63) is 48.0 Å². The highest BCUT2D eigenvalue weighted by atomic mass is 16.5. The predicted octanol–water partition coefficient (Wildman–Crippen LogP) is 10.6. The minimum absolute atomic E-state index is 0.0461. The molecule has 0 bridgehead atoms. The quantitative estimate of drug-likeness (QED) is 0.165. The predicted molar refractivity (Wildman–Crippen MR) is 212 cm³/mol. The molecular formula is C47H71NO5. The second-order valence-electron chi connectivity index (χ2n) is 20.6.